The molecule has 36 heteroatoms. The van der Waals surface area contributed by atoms with Gasteiger partial charge in [-0.15, -0.1) is 0 Å². The fourth-order valence-corrected chi connectivity index (χ4v) is 19.3. The number of nitrogens with zero attached hydrogens (tertiary/aromatic N) is 11. The van der Waals surface area contributed by atoms with Crippen LogP contribution in [0.25, 0.3) is 88.6 Å². The summed E-state index contributed by atoms with van der Waals surface area (Å²) in [4.78, 5) is 104. The van der Waals surface area contributed by atoms with Crippen molar-refractivity contribution in [1.29, 1.82) is 0 Å². The number of halogens is 1. The number of hydrogen-bond acceptors (Lipinski definition) is 27. The third-order valence-corrected chi connectivity index (χ3v) is 27.4. The largest absolute Gasteiger partial charge is 0.495 e. The van der Waals surface area contributed by atoms with Crippen LogP contribution in [-0.4, -0.2) is 171 Å². The first kappa shape index (κ1) is 98.1. The Kier molecular flexibility index (Phi) is 29.8. The summed E-state index contributed by atoms with van der Waals surface area (Å²) >= 11 is 6.42. The molecule has 35 nitrogen and oxygen atoms in total. The maximum atomic E-state index is 12.0. The van der Waals surface area contributed by atoms with Gasteiger partial charge >= 0.3 is 0 Å². The van der Waals surface area contributed by atoms with Crippen LogP contribution in [-0.2, 0) is 19.5 Å². The lowest BCUT2D eigenvalue weighted by Gasteiger charge is -2.16. The Hall–Kier alpha value is -16.7. The van der Waals surface area contributed by atoms with Crippen molar-refractivity contribution >= 4 is 138 Å². The minimum atomic E-state index is -0.195. The fourth-order valence-electron chi connectivity index (χ4n) is 19.1. The molecule has 16 aromatic rings. The molecule has 146 heavy (non-hydrogen) atoms. The van der Waals surface area contributed by atoms with E-state index in [1.807, 2.05) is 68.3 Å². The molecule has 12 N–H and O–H groups in total. The second-order valence-corrected chi connectivity index (χ2v) is 36.7. The van der Waals surface area contributed by atoms with Gasteiger partial charge in [0.2, 0.25) is 47.3 Å². The lowest BCUT2D eigenvalue weighted by molar-refractivity contribution is 0.0955. The predicted octanol–water partition coefficient (Wildman–Crippen LogP) is 22.3. The van der Waals surface area contributed by atoms with Crippen molar-refractivity contribution in [2.45, 2.75) is 161 Å². The van der Waals surface area contributed by atoms with Gasteiger partial charge in [-0.05, 0) is 258 Å². The molecule has 8 aromatic carbocycles. The van der Waals surface area contributed by atoms with Gasteiger partial charge in [-0.1, -0.05) is 73.1 Å². The highest BCUT2D eigenvalue weighted by atomic mass is 35.5. The number of methoxy groups -OCH3 is 4. The van der Waals surface area contributed by atoms with Crippen molar-refractivity contribution < 1.29 is 57.1 Å². The second-order valence-electron chi connectivity index (χ2n) is 36.3. The van der Waals surface area contributed by atoms with Gasteiger partial charge in [0.25, 0.3) is 23.6 Å². The number of fused-ring (bicyclic) bond motifs is 6. The van der Waals surface area contributed by atoms with Crippen LogP contribution in [0.1, 0.15) is 179 Å². The summed E-state index contributed by atoms with van der Waals surface area (Å²) in [6.45, 7) is 5.41. The smallest absolute Gasteiger partial charge is 0.251 e. The molecule has 2 aliphatic heterocycles. The molecule has 22 rings (SSSR count). The number of aryl methyl sites for hydroxylation is 2. The van der Waals surface area contributed by atoms with Crippen molar-refractivity contribution in [3.63, 3.8) is 0 Å². The number of hydrogen-bond donors (Lipinski definition) is 12. The van der Waals surface area contributed by atoms with Crippen LogP contribution < -0.4 is 80.4 Å². The average Bonchev–Trinajstić information content (AvgIpc) is 1.59. The molecule has 0 bridgehead atoms. The van der Waals surface area contributed by atoms with Gasteiger partial charge in [-0.3, -0.25) is 24.2 Å². The quantitative estimate of drug-likeness (QED) is 0.0207. The molecule has 6 aliphatic rings. The van der Waals surface area contributed by atoms with E-state index in [1.54, 1.807) is 129 Å². The van der Waals surface area contributed by atoms with E-state index in [0.29, 0.717) is 156 Å². The number of carbonyl (C=O) groups excluding carboxylic acids is 4. The van der Waals surface area contributed by atoms with E-state index in [4.69, 9.17) is 89.4 Å². The summed E-state index contributed by atoms with van der Waals surface area (Å²) < 4.78 is 47.9. The highest BCUT2D eigenvalue weighted by molar-refractivity contribution is 6.31. The van der Waals surface area contributed by atoms with Gasteiger partial charge < -0.3 is 100 Å². The number of azo groups is 1. The number of ether oxygens (including phenoxy) is 8. The van der Waals surface area contributed by atoms with E-state index in [0.717, 1.165) is 198 Å². The van der Waals surface area contributed by atoms with Crippen LogP contribution in [0.4, 0.5) is 52.2 Å². The molecule has 0 spiro atoms. The topological polar surface area (TPSA) is 442 Å². The SMILES string of the molecule is CCc1cccc(-c2c[nH]c3nc(Nc4ccc(C(=O)NC)cc4OC)nc(OC4CCCC4)c23)c1.CNC(=O)c1ccc(Nc2nc(OC3CCCC3)c3c(-c4ccc(C)c(Cl)c4)c[nH]c3n2)c(OC)c1.CNC(=O)c1ccc(Nc2nc(OC3CCCC3)c3c(-c4ccc5c(c4)CN=C5)c[nH]c3n2)c(OC)c1.CNC(=O)c1ccc(Nc2nc(OC3CCCC3)c3c(-c4ccc5c(c4)CN=N5)c[nH]c3n2)c(OC)c1. The Morgan fingerprint density at radius 3 is 1.03 bits per heavy atom. The number of aliphatic imine (C=N–C) groups is 1. The van der Waals surface area contributed by atoms with Crippen molar-refractivity contribution in [2.24, 2.45) is 15.2 Å². The summed E-state index contributed by atoms with van der Waals surface area (Å²) in [6.07, 6.45) is 28.5. The highest BCUT2D eigenvalue weighted by Gasteiger charge is 2.31. The second kappa shape index (κ2) is 44.4. The summed E-state index contributed by atoms with van der Waals surface area (Å²) in [5, 5.41) is 35.9. The van der Waals surface area contributed by atoms with Crippen molar-refractivity contribution in [2.75, 3.05) is 77.9 Å². The summed E-state index contributed by atoms with van der Waals surface area (Å²) in [5.74, 6) is 4.92. The van der Waals surface area contributed by atoms with E-state index < -0.39 is 0 Å². The summed E-state index contributed by atoms with van der Waals surface area (Å²) in [7, 11) is 12.6. The number of benzene rings is 8. The number of amides is 4. The van der Waals surface area contributed by atoms with Gasteiger partial charge in [0, 0.05) is 114 Å². The van der Waals surface area contributed by atoms with E-state index >= 15 is 0 Å². The van der Waals surface area contributed by atoms with Gasteiger partial charge in [0.1, 0.15) is 70.0 Å². The molecule has 4 saturated carbocycles. The van der Waals surface area contributed by atoms with Crippen LogP contribution in [0, 0.1) is 6.92 Å². The molecule has 0 unspecified atom stereocenters. The number of aromatic nitrogens is 12. The molecule has 4 amide bonds. The number of nitrogens with one attached hydrogen (secondary N) is 12. The lowest BCUT2D eigenvalue weighted by atomic mass is 10.0. The standard InChI is InChI=1S/C28H28N6O3.C28H31N5O3.C27H28ClN5O3.C27H27N7O3/c1-29-26(35)17-9-10-22(23(12-17)36-2)32-28-33-25-24(27(34-28)37-20-5-3-4-6-20)21(15-31-25)16-7-8-18-13-30-14-19(18)11-16;1-4-17-8-7-9-18(14-17)21-16-30-25-24(21)27(36-20-10-5-6-11-20)33-28(32-25)31-22-13-12-19(26(34)29-2)15-23(22)35-3;1-15-8-9-16(12-20(15)28)19-14-30-24-23(19)26(36-18-6-4-5-7-18)33-27(32-24)31-21-11-10-17(25(34)29-2)13-22(21)35-3;1-28-25(35)16-8-10-21(22(12-16)36-2)31-27-32-24-23(26(33-27)37-18-5-3-4-6-18)19(14-29-24)15-7-9-20-17(11-15)13-30-34-20/h7-13,15,20H,3-6,14H2,1-2H3,(H,29,35)(H2,31,32,33,34);7-9,12-16,20H,4-6,10-11H2,1-3H3,(H,29,34)(H2,30,31,32,33);8-14,18H,4-7H2,1-3H3,(H,29,34)(H2,30,31,32,33);7-12,14,18H,3-6,13H2,1-2H3,(H,28,35)(H2,29,31,32,33). The third kappa shape index (κ3) is 21.6. The van der Waals surface area contributed by atoms with Crippen LogP contribution in [0.5, 0.6) is 46.5 Å². The monoisotopic (exact) mass is 1980 g/mol. The molecular weight excluding hydrogens is 1870 g/mol. The van der Waals surface area contributed by atoms with E-state index in [1.165, 1.54) is 11.1 Å². The first-order valence-electron chi connectivity index (χ1n) is 49.2. The first-order chi connectivity index (χ1) is 71.3. The van der Waals surface area contributed by atoms with Gasteiger partial charge in [0.15, 0.2) is 0 Å². The first-order valence-corrected chi connectivity index (χ1v) is 49.6. The van der Waals surface area contributed by atoms with E-state index in [9.17, 15) is 19.2 Å². The Morgan fingerprint density at radius 2 is 0.699 bits per heavy atom. The van der Waals surface area contributed by atoms with Crippen LogP contribution in [0.3, 0.4) is 0 Å². The molecule has 0 radical (unpaired) electrons. The average molecular weight is 1990 g/mol. The summed E-state index contributed by atoms with van der Waals surface area (Å²) in [5.41, 5.74) is 22.0. The van der Waals surface area contributed by atoms with Gasteiger partial charge in [-0.25, -0.2) is 0 Å². The fraction of sp³-hybridized carbons (Fsp3) is 0.300. The zero-order chi connectivity index (χ0) is 101. The van der Waals surface area contributed by atoms with Crippen molar-refractivity contribution in [1.82, 2.24) is 81.1 Å². The molecule has 0 atom stereocenters. The maximum Gasteiger partial charge on any atom is 0.251 e. The van der Waals surface area contributed by atoms with Gasteiger partial charge in [-0.2, -0.15) is 50.1 Å². The molecule has 0 saturated heterocycles. The molecule has 4 fully saturated rings. The Morgan fingerprint density at radius 1 is 0.370 bits per heavy atom. The molecule has 748 valence electrons. The maximum absolute atomic E-state index is 12.0. The number of anilines is 8. The third-order valence-electron chi connectivity index (χ3n) is 26.9. The lowest BCUT2D eigenvalue weighted by Crippen LogP contribution is -2.17. The minimum absolute atomic E-state index is 0.113. The normalized spacial score (nSPS) is 14.2. The van der Waals surface area contributed by atoms with Crippen LogP contribution in [0.15, 0.2) is 192 Å². The number of aromatic amines is 4. The zero-order valence-electron chi connectivity index (χ0n) is 82.8. The Balaban J connectivity index is 0.000000123. The van der Waals surface area contributed by atoms with Crippen molar-refractivity contribution in [3.05, 3.63) is 232 Å². The number of rotatable bonds is 29. The number of H-pyrrole nitrogens is 4. The highest BCUT2D eigenvalue weighted by Crippen LogP contribution is 2.46. The van der Waals surface area contributed by atoms with Crippen LogP contribution >= 0.6 is 11.6 Å². The van der Waals surface area contributed by atoms with Crippen molar-refractivity contribution in [3.8, 4) is 91.0 Å². The Bertz CT molecular complexity index is 7410. The summed E-state index contributed by atoms with van der Waals surface area (Å²) in [6, 6.07) is 47.7. The molecule has 10 heterocycles. The molecule has 4 aliphatic carbocycles. The molecular formula is C110H114ClN23O12. The van der Waals surface area contributed by atoms with Gasteiger partial charge in [0.05, 0.1) is 91.5 Å². The number of carbonyl (C=O) groups is 4. The van der Waals surface area contributed by atoms with E-state index in [-0.39, 0.29) is 48.0 Å². The zero-order valence-corrected chi connectivity index (χ0v) is 83.5. The minimum Gasteiger partial charge on any atom is -0.495 e. The molecule has 8 aromatic heterocycles. The van der Waals surface area contributed by atoms with E-state index in [2.05, 4.69) is 133 Å². The Labute approximate surface area is 847 Å². The predicted molar refractivity (Wildman–Crippen MR) is 566 cm³/mol. The van der Waals surface area contributed by atoms with Crippen LogP contribution in [0.2, 0.25) is 5.02 Å².